The Labute approximate surface area is 156 Å². The van der Waals surface area contributed by atoms with Crippen molar-refractivity contribution >= 4 is 5.78 Å². The largest absolute Gasteiger partial charge is 0.507 e. The summed E-state index contributed by atoms with van der Waals surface area (Å²) in [5.74, 6) is -0.584. The van der Waals surface area contributed by atoms with Gasteiger partial charge in [-0.05, 0) is 37.6 Å². The van der Waals surface area contributed by atoms with Gasteiger partial charge < -0.3 is 9.67 Å². The predicted octanol–water partition coefficient (Wildman–Crippen LogP) is 3.57. The summed E-state index contributed by atoms with van der Waals surface area (Å²) in [6, 6.07) is 16.9. The Hall–Kier alpha value is -3.65. The molecule has 0 saturated carbocycles. The molecule has 1 N–H and O–H groups in total. The van der Waals surface area contributed by atoms with Crippen LogP contribution in [0.25, 0.3) is 0 Å². The minimum atomic E-state index is -0.459. The molecule has 1 aromatic heterocycles. The number of phenolic OH excluding ortho intramolecular Hbond substituents is 1. The first-order chi connectivity index (χ1) is 12.9. The first-order valence-corrected chi connectivity index (χ1v) is 8.48. The molecule has 0 fully saturated rings. The maximum Gasteiger partial charge on any atom is 0.269 e. The van der Waals surface area contributed by atoms with E-state index in [1.807, 2.05) is 50.2 Å². The number of nitrogens with zero attached hydrogens (tertiary/aromatic N) is 2. The molecule has 3 rings (SSSR count). The van der Waals surface area contributed by atoms with E-state index in [9.17, 15) is 20.0 Å². The zero-order valence-electron chi connectivity index (χ0n) is 15.0. The van der Waals surface area contributed by atoms with Gasteiger partial charge in [0.1, 0.15) is 17.4 Å². The molecule has 1 atom stereocenters. The molecule has 0 aliphatic carbocycles. The lowest BCUT2D eigenvalue weighted by molar-refractivity contribution is 0.103. The second kappa shape index (κ2) is 7.30. The van der Waals surface area contributed by atoms with Crippen LogP contribution in [0.3, 0.4) is 0 Å². The molecular weight excluding hydrogens is 340 g/mol. The van der Waals surface area contributed by atoms with E-state index in [4.69, 9.17) is 0 Å². The van der Waals surface area contributed by atoms with E-state index < -0.39 is 11.3 Å². The minimum absolute atomic E-state index is 0.115. The van der Waals surface area contributed by atoms with Gasteiger partial charge in [-0.1, -0.05) is 42.0 Å². The lowest BCUT2D eigenvalue weighted by atomic mass is 10.00. The molecule has 1 heterocycles. The van der Waals surface area contributed by atoms with E-state index in [1.54, 1.807) is 12.1 Å². The highest BCUT2D eigenvalue weighted by atomic mass is 16.3. The van der Waals surface area contributed by atoms with Gasteiger partial charge in [-0.2, -0.15) is 5.26 Å². The van der Waals surface area contributed by atoms with Gasteiger partial charge in [-0.25, -0.2) is 0 Å². The molecule has 0 unspecified atom stereocenters. The number of pyridine rings is 1. The summed E-state index contributed by atoms with van der Waals surface area (Å²) in [6.45, 7) is 3.64. The number of nitriles is 1. The standard InChI is InChI=1S/C22H18N2O3/c1-14-8-9-20(25)19(10-14)21(26)18-11-17(12-23)22(27)24(13-18)15(2)16-6-4-3-5-7-16/h3-11,13,15,25H,1-2H3/t15-/m0/s1. The van der Waals surface area contributed by atoms with E-state index >= 15 is 0 Å². The fraction of sp³-hybridized carbons (Fsp3) is 0.136. The van der Waals surface area contributed by atoms with Crippen LogP contribution in [-0.2, 0) is 0 Å². The fourth-order valence-electron chi connectivity index (χ4n) is 2.97. The van der Waals surface area contributed by atoms with E-state index in [2.05, 4.69) is 0 Å². The highest BCUT2D eigenvalue weighted by Gasteiger charge is 2.19. The van der Waals surface area contributed by atoms with Crippen LogP contribution in [0.15, 0.2) is 65.6 Å². The second-order valence-electron chi connectivity index (χ2n) is 6.40. The van der Waals surface area contributed by atoms with Crippen molar-refractivity contribution in [3.8, 4) is 11.8 Å². The third-order valence-electron chi connectivity index (χ3n) is 4.52. The van der Waals surface area contributed by atoms with Crippen LogP contribution < -0.4 is 5.56 Å². The van der Waals surface area contributed by atoms with E-state index in [0.717, 1.165) is 11.1 Å². The van der Waals surface area contributed by atoms with Gasteiger partial charge in [0, 0.05) is 11.8 Å². The average molecular weight is 358 g/mol. The second-order valence-corrected chi connectivity index (χ2v) is 6.40. The summed E-state index contributed by atoms with van der Waals surface area (Å²) in [5.41, 5.74) is 1.44. The van der Waals surface area contributed by atoms with E-state index in [0.29, 0.717) is 0 Å². The van der Waals surface area contributed by atoms with Crippen LogP contribution in [0.1, 0.15) is 45.6 Å². The predicted molar refractivity (Wildman–Crippen MR) is 102 cm³/mol. The molecule has 0 aliphatic heterocycles. The highest BCUT2D eigenvalue weighted by Crippen LogP contribution is 2.23. The van der Waals surface area contributed by atoms with Crippen LogP contribution in [0, 0.1) is 18.3 Å². The molecule has 0 aliphatic rings. The number of hydrogen-bond acceptors (Lipinski definition) is 4. The lowest BCUT2D eigenvalue weighted by Gasteiger charge is -2.17. The van der Waals surface area contributed by atoms with Crippen LogP contribution in [0.4, 0.5) is 0 Å². The number of rotatable bonds is 4. The summed E-state index contributed by atoms with van der Waals surface area (Å²) in [4.78, 5) is 25.6. The normalized spacial score (nSPS) is 11.6. The number of hydrogen-bond donors (Lipinski definition) is 1. The molecule has 3 aromatic rings. The molecule has 0 amide bonds. The third-order valence-corrected chi connectivity index (χ3v) is 4.52. The quantitative estimate of drug-likeness (QED) is 0.723. The molecule has 27 heavy (non-hydrogen) atoms. The Morgan fingerprint density at radius 3 is 2.52 bits per heavy atom. The number of carbonyl (C=O) groups is 1. The number of carbonyl (C=O) groups excluding carboxylic acids is 1. The van der Waals surface area contributed by atoms with Gasteiger partial charge in [-0.15, -0.1) is 0 Å². The summed E-state index contributed by atoms with van der Waals surface area (Å²) in [7, 11) is 0. The van der Waals surface area contributed by atoms with Crippen molar-refractivity contribution < 1.29 is 9.90 Å². The monoisotopic (exact) mass is 358 g/mol. The molecule has 5 heteroatoms. The molecule has 0 saturated heterocycles. The molecule has 134 valence electrons. The van der Waals surface area contributed by atoms with Gasteiger partial charge in [0.15, 0.2) is 5.78 Å². The van der Waals surface area contributed by atoms with Crippen LogP contribution in [0.5, 0.6) is 5.75 Å². The molecule has 0 radical (unpaired) electrons. The lowest BCUT2D eigenvalue weighted by Crippen LogP contribution is -2.27. The van der Waals surface area contributed by atoms with Crippen LogP contribution in [-0.4, -0.2) is 15.5 Å². The topological polar surface area (TPSA) is 83.1 Å². The van der Waals surface area contributed by atoms with Crippen molar-refractivity contribution in [2.24, 2.45) is 0 Å². The van der Waals surface area contributed by atoms with Gasteiger partial charge in [0.05, 0.1) is 11.6 Å². The van der Waals surface area contributed by atoms with Crippen molar-refractivity contribution in [3.63, 3.8) is 0 Å². The van der Waals surface area contributed by atoms with Gasteiger partial charge in [-0.3, -0.25) is 9.59 Å². The summed E-state index contributed by atoms with van der Waals surface area (Å²) in [6.07, 6.45) is 1.45. The molecule has 0 spiro atoms. The number of aromatic hydroxyl groups is 1. The Balaban J connectivity index is 2.15. The number of phenols is 1. The summed E-state index contributed by atoms with van der Waals surface area (Å²) >= 11 is 0. The van der Waals surface area contributed by atoms with Gasteiger partial charge >= 0.3 is 0 Å². The summed E-state index contributed by atoms with van der Waals surface area (Å²) in [5, 5.41) is 19.4. The Kier molecular flexibility index (Phi) is 4.91. The summed E-state index contributed by atoms with van der Waals surface area (Å²) < 4.78 is 1.38. The van der Waals surface area contributed by atoms with E-state index in [-0.39, 0.29) is 28.5 Å². The highest BCUT2D eigenvalue weighted by molar-refractivity contribution is 6.10. The Bertz CT molecular complexity index is 1110. The van der Waals surface area contributed by atoms with Gasteiger partial charge in [0.25, 0.3) is 5.56 Å². The van der Waals surface area contributed by atoms with Crippen molar-refractivity contribution in [1.29, 1.82) is 5.26 Å². The number of benzene rings is 2. The first kappa shape index (κ1) is 18.2. The van der Waals surface area contributed by atoms with Crippen molar-refractivity contribution in [2.75, 3.05) is 0 Å². The molecule has 2 aromatic carbocycles. The average Bonchev–Trinajstić information content (AvgIpc) is 2.69. The Morgan fingerprint density at radius 1 is 1.15 bits per heavy atom. The molecule has 0 bridgehead atoms. The smallest absolute Gasteiger partial charge is 0.269 e. The fourth-order valence-corrected chi connectivity index (χ4v) is 2.97. The molecule has 5 nitrogen and oxygen atoms in total. The van der Waals surface area contributed by atoms with E-state index in [1.165, 1.54) is 22.9 Å². The van der Waals surface area contributed by atoms with Crippen LogP contribution in [0.2, 0.25) is 0 Å². The van der Waals surface area contributed by atoms with Crippen molar-refractivity contribution in [2.45, 2.75) is 19.9 Å². The molecular formula is C22H18N2O3. The maximum atomic E-state index is 12.9. The Morgan fingerprint density at radius 2 is 1.85 bits per heavy atom. The zero-order valence-corrected chi connectivity index (χ0v) is 15.0. The number of aryl methyl sites for hydroxylation is 1. The van der Waals surface area contributed by atoms with Gasteiger partial charge in [0.2, 0.25) is 0 Å². The third kappa shape index (κ3) is 3.51. The number of ketones is 1. The SMILES string of the molecule is Cc1ccc(O)c(C(=O)c2cc(C#N)c(=O)n([C@@H](C)c3ccccc3)c2)c1. The first-order valence-electron chi connectivity index (χ1n) is 8.48. The zero-order chi connectivity index (χ0) is 19.6. The maximum absolute atomic E-state index is 12.9. The van der Waals surface area contributed by atoms with Crippen molar-refractivity contribution in [3.05, 3.63) is 99.0 Å². The van der Waals surface area contributed by atoms with Crippen molar-refractivity contribution in [1.82, 2.24) is 4.57 Å². The minimum Gasteiger partial charge on any atom is -0.507 e. The van der Waals surface area contributed by atoms with Crippen LogP contribution >= 0.6 is 0 Å². The number of aromatic nitrogens is 1.